The number of halogens is 1. The van der Waals surface area contributed by atoms with E-state index in [1.54, 1.807) is 48.5 Å². The molecule has 198 valence electrons. The Balaban J connectivity index is 1.36. The molecule has 1 aromatic heterocycles. The second-order valence-electron chi connectivity index (χ2n) is 7.85. The number of esters is 1. The summed E-state index contributed by atoms with van der Waals surface area (Å²) < 4.78 is 44.5. The average Bonchev–Trinajstić information content (AvgIpc) is 3.32. The average molecular weight is 575 g/mol. The number of fused-ring (bicyclic) bond motifs is 1. The first kappa shape index (κ1) is 27.2. The fourth-order valence-electron chi connectivity index (χ4n) is 3.43. The third-order valence-corrected chi connectivity index (χ3v) is 7.95. The number of ether oxygens (including phenoxy) is 3. The fourth-order valence-corrected chi connectivity index (χ4v) is 5.77. The van der Waals surface area contributed by atoms with E-state index in [1.807, 2.05) is 6.92 Å². The number of hydrogen-bond donors (Lipinski definition) is 2. The topological polar surface area (TPSA) is 120 Å². The monoisotopic (exact) mass is 574 g/mol. The molecule has 0 atom stereocenters. The van der Waals surface area contributed by atoms with Crippen LogP contribution in [0.4, 0.5) is 11.4 Å². The fraction of sp³-hybridized carbons (Fsp3) is 0.154. The van der Waals surface area contributed by atoms with Crippen LogP contribution in [0.15, 0.2) is 71.6 Å². The van der Waals surface area contributed by atoms with Crippen molar-refractivity contribution in [3.05, 3.63) is 76.6 Å². The van der Waals surface area contributed by atoms with Crippen LogP contribution in [0.5, 0.6) is 11.5 Å². The number of methoxy groups -OCH3 is 1. The first-order valence-corrected chi connectivity index (χ1v) is 14.0. The Morgan fingerprint density at radius 3 is 2.37 bits per heavy atom. The number of thiophene rings is 1. The van der Waals surface area contributed by atoms with Crippen molar-refractivity contribution in [3.8, 4) is 11.5 Å². The maximum Gasteiger partial charge on any atom is 0.348 e. The highest BCUT2D eigenvalue weighted by Gasteiger charge is 2.17. The maximum absolute atomic E-state index is 12.8. The number of hydrogen-bond acceptors (Lipinski definition) is 8. The highest BCUT2D eigenvalue weighted by Crippen LogP contribution is 2.30. The number of carbonyl (C=O) groups is 2. The Labute approximate surface area is 228 Å². The summed E-state index contributed by atoms with van der Waals surface area (Å²) in [5.41, 5.74) is 0.886. The number of carbonyl (C=O) groups excluding carboxylic acids is 2. The van der Waals surface area contributed by atoms with Gasteiger partial charge in [-0.25, -0.2) is 13.2 Å². The van der Waals surface area contributed by atoms with Crippen molar-refractivity contribution in [2.45, 2.75) is 11.8 Å². The lowest BCUT2D eigenvalue weighted by Crippen LogP contribution is -2.20. The molecule has 2 N–H and O–H groups in total. The molecule has 0 saturated heterocycles. The smallest absolute Gasteiger partial charge is 0.348 e. The van der Waals surface area contributed by atoms with E-state index in [9.17, 15) is 18.0 Å². The third-order valence-electron chi connectivity index (χ3n) is 5.18. The van der Waals surface area contributed by atoms with E-state index in [-0.39, 0.29) is 22.3 Å². The zero-order chi connectivity index (χ0) is 27.3. The second-order valence-corrected chi connectivity index (χ2v) is 11.0. The summed E-state index contributed by atoms with van der Waals surface area (Å²) in [5.74, 6) is -0.0906. The maximum atomic E-state index is 12.8. The molecule has 0 unspecified atom stereocenters. The number of anilines is 2. The van der Waals surface area contributed by atoms with Gasteiger partial charge in [0.2, 0.25) is 0 Å². The van der Waals surface area contributed by atoms with Crippen LogP contribution in [0.2, 0.25) is 5.02 Å². The van der Waals surface area contributed by atoms with Crippen LogP contribution in [0.3, 0.4) is 0 Å². The number of rotatable bonds is 10. The Morgan fingerprint density at radius 2 is 1.68 bits per heavy atom. The molecule has 0 saturated carbocycles. The van der Waals surface area contributed by atoms with Crippen LogP contribution >= 0.6 is 22.9 Å². The zero-order valence-corrected chi connectivity index (χ0v) is 22.7. The van der Waals surface area contributed by atoms with Crippen LogP contribution in [0.1, 0.15) is 16.6 Å². The molecule has 4 rings (SSSR count). The van der Waals surface area contributed by atoms with Crippen molar-refractivity contribution in [2.75, 3.05) is 30.4 Å². The minimum absolute atomic E-state index is 0.0300. The molecule has 1 heterocycles. The van der Waals surface area contributed by atoms with Gasteiger partial charge in [-0.2, -0.15) is 0 Å². The van der Waals surface area contributed by atoms with Crippen molar-refractivity contribution >= 4 is 66.3 Å². The molecule has 12 heteroatoms. The molecule has 0 aliphatic rings. The minimum Gasteiger partial charge on any atom is -0.494 e. The quantitative estimate of drug-likeness (QED) is 0.238. The Kier molecular flexibility index (Phi) is 8.40. The van der Waals surface area contributed by atoms with E-state index < -0.39 is 21.9 Å². The van der Waals surface area contributed by atoms with Gasteiger partial charge in [-0.05, 0) is 79.0 Å². The largest absolute Gasteiger partial charge is 0.494 e. The minimum atomic E-state index is -3.91. The van der Waals surface area contributed by atoms with Gasteiger partial charge in [0.15, 0.2) is 6.61 Å². The van der Waals surface area contributed by atoms with E-state index in [0.717, 1.165) is 10.1 Å². The van der Waals surface area contributed by atoms with E-state index in [1.165, 1.54) is 36.6 Å². The Hall–Kier alpha value is -3.80. The van der Waals surface area contributed by atoms with Gasteiger partial charge >= 0.3 is 5.97 Å². The van der Waals surface area contributed by atoms with Gasteiger partial charge in [0, 0.05) is 16.1 Å². The molecule has 1 amide bonds. The Morgan fingerprint density at radius 1 is 0.947 bits per heavy atom. The molecule has 0 aliphatic heterocycles. The molecule has 0 fully saturated rings. The van der Waals surface area contributed by atoms with Crippen molar-refractivity contribution in [3.63, 3.8) is 0 Å². The molecule has 4 aromatic rings. The van der Waals surface area contributed by atoms with Gasteiger partial charge in [-0.15, -0.1) is 11.3 Å². The van der Waals surface area contributed by atoms with Crippen molar-refractivity contribution in [2.24, 2.45) is 0 Å². The van der Waals surface area contributed by atoms with Gasteiger partial charge in [-0.3, -0.25) is 9.52 Å². The number of nitrogens with one attached hydrogen (secondary N) is 2. The lowest BCUT2D eigenvalue weighted by Gasteiger charge is -2.12. The molecule has 9 nitrogen and oxygen atoms in total. The van der Waals surface area contributed by atoms with Crippen LogP contribution in [0.25, 0.3) is 10.1 Å². The summed E-state index contributed by atoms with van der Waals surface area (Å²) in [6.07, 6.45) is 0. The van der Waals surface area contributed by atoms with Gasteiger partial charge in [0.1, 0.15) is 16.4 Å². The SMILES string of the molecule is CCOc1ccc(NS(=O)(=O)c2ccc(OCC(=O)Nc3ccc4sc(C(=O)OC)cc4c3)c(Cl)c2)cc1. The molecule has 3 aromatic carbocycles. The highest BCUT2D eigenvalue weighted by molar-refractivity contribution is 7.92. The number of sulfonamides is 1. The van der Waals surface area contributed by atoms with Gasteiger partial charge in [0.05, 0.1) is 23.6 Å². The standard InChI is InChI=1S/C26H23ClN2O7S2/c1-3-35-19-7-4-17(5-8-19)29-38(32,33)20-9-10-22(21(27)14-20)36-15-25(30)28-18-6-11-23-16(12-18)13-24(37-23)26(31)34-2/h4-14,29H,3,15H2,1-2H3,(H,28,30). The van der Waals surface area contributed by atoms with Crippen molar-refractivity contribution < 1.29 is 32.2 Å². The molecule has 38 heavy (non-hydrogen) atoms. The van der Waals surface area contributed by atoms with Crippen LogP contribution in [-0.2, 0) is 19.6 Å². The van der Waals surface area contributed by atoms with Crippen LogP contribution < -0.4 is 19.5 Å². The summed E-state index contributed by atoms with van der Waals surface area (Å²) in [6, 6.07) is 17.4. The summed E-state index contributed by atoms with van der Waals surface area (Å²) in [4.78, 5) is 24.6. The van der Waals surface area contributed by atoms with Gasteiger partial charge < -0.3 is 19.5 Å². The molecule has 0 radical (unpaired) electrons. The predicted molar refractivity (Wildman–Crippen MR) is 147 cm³/mol. The molecular formula is C26H23ClN2O7S2. The van der Waals surface area contributed by atoms with Gasteiger partial charge in [-0.1, -0.05) is 11.6 Å². The normalized spacial score (nSPS) is 11.1. The zero-order valence-electron chi connectivity index (χ0n) is 20.3. The first-order chi connectivity index (χ1) is 18.2. The summed E-state index contributed by atoms with van der Waals surface area (Å²) in [6.45, 7) is 2.00. The Bertz CT molecular complexity index is 1590. The molecule has 0 spiro atoms. The highest BCUT2D eigenvalue weighted by atomic mass is 35.5. The number of amides is 1. The summed E-state index contributed by atoms with van der Waals surface area (Å²) in [5, 5.41) is 3.53. The van der Waals surface area contributed by atoms with Crippen LogP contribution in [-0.4, -0.2) is 40.6 Å². The van der Waals surface area contributed by atoms with E-state index >= 15 is 0 Å². The number of benzene rings is 3. The predicted octanol–water partition coefficient (Wildman–Crippen LogP) is 5.56. The molecule has 0 bridgehead atoms. The van der Waals surface area contributed by atoms with Crippen LogP contribution in [0, 0.1) is 0 Å². The van der Waals surface area contributed by atoms with E-state index in [4.69, 9.17) is 25.8 Å². The molecular weight excluding hydrogens is 552 g/mol. The van der Waals surface area contributed by atoms with Crippen molar-refractivity contribution in [1.82, 2.24) is 0 Å². The second kappa shape index (κ2) is 11.7. The summed E-state index contributed by atoms with van der Waals surface area (Å²) >= 11 is 7.53. The van der Waals surface area contributed by atoms with E-state index in [2.05, 4.69) is 10.0 Å². The summed E-state index contributed by atoms with van der Waals surface area (Å²) in [7, 11) is -2.59. The van der Waals surface area contributed by atoms with Gasteiger partial charge in [0.25, 0.3) is 15.9 Å². The lowest BCUT2D eigenvalue weighted by atomic mass is 10.2. The lowest BCUT2D eigenvalue weighted by molar-refractivity contribution is -0.118. The molecule has 0 aliphatic carbocycles. The third kappa shape index (κ3) is 6.55. The van der Waals surface area contributed by atoms with Crippen molar-refractivity contribution in [1.29, 1.82) is 0 Å². The first-order valence-electron chi connectivity index (χ1n) is 11.3. The van der Waals surface area contributed by atoms with E-state index in [0.29, 0.717) is 28.6 Å².